The molecule has 0 aliphatic heterocycles. The molecule has 1 unspecified atom stereocenters. The number of hydrogen-bond donors (Lipinski definition) is 1. The second-order valence-corrected chi connectivity index (χ2v) is 5.16. The van der Waals surface area contributed by atoms with E-state index in [0.717, 1.165) is 0 Å². The number of ether oxygens (including phenoxy) is 2. The first kappa shape index (κ1) is 17.8. The third kappa shape index (κ3) is 9.35. The first-order valence-corrected chi connectivity index (χ1v) is 7.04. The van der Waals surface area contributed by atoms with Crippen molar-refractivity contribution in [2.45, 2.75) is 37.4 Å². The predicted molar refractivity (Wildman–Crippen MR) is 71.0 cm³/mol. The monoisotopic (exact) mass is 292 g/mol. The van der Waals surface area contributed by atoms with Gasteiger partial charge in [-0.05, 0) is 25.0 Å². The molecule has 110 valence electrons. The summed E-state index contributed by atoms with van der Waals surface area (Å²) in [6.45, 7) is 0. The summed E-state index contributed by atoms with van der Waals surface area (Å²) in [6.07, 6.45) is 1.99. The fourth-order valence-electron chi connectivity index (χ4n) is 1.36. The SMILES string of the molecule is COC(=O)CCCSC(CCCC(=O)OC)C(=O)O. The smallest absolute Gasteiger partial charge is 0.316 e. The van der Waals surface area contributed by atoms with Crippen LogP contribution in [0.25, 0.3) is 0 Å². The Labute approximate surface area is 116 Å². The Balaban J connectivity index is 3.83. The Bertz CT molecular complexity index is 305. The third-order valence-electron chi connectivity index (χ3n) is 2.42. The molecule has 0 aliphatic carbocycles. The van der Waals surface area contributed by atoms with Crippen molar-refractivity contribution in [2.75, 3.05) is 20.0 Å². The van der Waals surface area contributed by atoms with Crippen molar-refractivity contribution in [3.8, 4) is 0 Å². The lowest BCUT2D eigenvalue weighted by Gasteiger charge is -2.11. The van der Waals surface area contributed by atoms with Crippen LogP contribution in [0.4, 0.5) is 0 Å². The van der Waals surface area contributed by atoms with Gasteiger partial charge in [-0.15, -0.1) is 11.8 Å². The molecule has 1 N–H and O–H groups in total. The van der Waals surface area contributed by atoms with E-state index >= 15 is 0 Å². The van der Waals surface area contributed by atoms with Crippen molar-refractivity contribution in [1.82, 2.24) is 0 Å². The number of methoxy groups -OCH3 is 2. The first-order valence-electron chi connectivity index (χ1n) is 5.99. The molecular weight excluding hydrogens is 272 g/mol. The number of carboxylic acid groups (broad SMARTS) is 1. The number of carbonyl (C=O) groups excluding carboxylic acids is 2. The average molecular weight is 292 g/mol. The van der Waals surface area contributed by atoms with Crippen molar-refractivity contribution in [3.63, 3.8) is 0 Å². The first-order chi connectivity index (χ1) is 9.01. The van der Waals surface area contributed by atoms with Gasteiger partial charge in [-0.25, -0.2) is 0 Å². The van der Waals surface area contributed by atoms with Gasteiger partial charge in [0.25, 0.3) is 0 Å². The molecular formula is C12H20O6S. The second kappa shape index (κ2) is 10.7. The van der Waals surface area contributed by atoms with Gasteiger partial charge >= 0.3 is 17.9 Å². The van der Waals surface area contributed by atoms with Gasteiger partial charge in [-0.2, -0.15) is 0 Å². The molecule has 0 bridgehead atoms. The van der Waals surface area contributed by atoms with Crippen molar-refractivity contribution in [1.29, 1.82) is 0 Å². The van der Waals surface area contributed by atoms with Gasteiger partial charge in [0, 0.05) is 12.8 Å². The third-order valence-corrected chi connectivity index (χ3v) is 3.79. The summed E-state index contributed by atoms with van der Waals surface area (Å²) in [5, 5.41) is 8.47. The minimum atomic E-state index is -0.895. The number of esters is 2. The molecule has 0 aliphatic rings. The van der Waals surface area contributed by atoms with Crippen LogP contribution < -0.4 is 0 Å². The Kier molecular flexibility index (Phi) is 9.97. The summed E-state index contributed by atoms with van der Waals surface area (Å²) in [5.74, 6) is -0.949. The molecule has 0 saturated carbocycles. The van der Waals surface area contributed by atoms with Gasteiger partial charge < -0.3 is 14.6 Å². The summed E-state index contributed by atoms with van der Waals surface area (Å²) in [5.41, 5.74) is 0. The second-order valence-electron chi connectivity index (χ2n) is 3.85. The maximum Gasteiger partial charge on any atom is 0.316 e. The summed E-state index contributed by atoms with van der Waals surface area (Å²) in [4.78, 5) is 32.8. The van der Waals surface area contributed by atoms with Crippen LogP contribution in [0.3, 0.4) is 0 Å². The van der Waals surface area contributed by atoms with Crippen molar-refractivity contribution in [2.24, 2.45) is 0 Å². The highest BCUT2D eigenvalue weighted by Gasteiger charge is 2.18. The van der Waals surface area contributed by atoms with Crippen LogP contribution in [0, 0.1) is 0 Å². The van der Waals surface area contributed by atoms with Gasteiger partial charge in [0.1, 0.15) is 5.25 Å². The van der Waals surface area contributed by atoms with E-state index in [1.165, 1.54) is 26.0 Å². The normalized spacial score (nSPS) is 11.7. The molecule has 0 amide bonds. The van der Waals surface area contributed by atoms with Crippen LogP contribution in [-0.2, 0) is 23.9 Å². The van der Waals surface area contributed by atoms with E-state index in [-0.39, 0.29) is 24.8 Å². The lowest BCUT2D eigenvalue weighted by molar-refractivity contribution is -0.141. The van der Waals surface area contributed by atoms with E-state index in [0.29, 0.717) is 25.0 Å². The zero-order chi connectivity index (χ0) is 14.7. The van der Waals surface area contributed by atoms with Gasteiger partial charge in [0.2, 0.25) is 0 Å². The fourth-order valence-corrected chi connectivity index (χ4v) is 2.43. The summed E-state index contributed by atoms with van der Waals surface area (Å²) < 4.78 is 8.98. The fraction of sp³-hybridized carbons (Fsp3) is 0.750. The minimum Gasteiger partial charge on any atom is -0.480 e. The Morgan fingerprint density at radius 1 is 1.05 bits per heavy atom. The molecule has 0 fully saturated rings. The van der Waals surface area contributed by atoms with Crippen molar-refractivity contribution >= 4 is 29.7 Å². The quantitative estimate of drug-likeness (QED) is 0.481. The molecule has 1 atom stereocenters. The molecule has 0 rings (SSSR count). The largest absolute Gasteiger partial charge is 0.480 e. The molecule has 0 spiro atoms. The Morgan fingerprint density at radius 2 is 1.58 bits per heavy atom. The van der Waals surface area contributed by atoms with E-state index in [4.69, 9.17) is 5.11 Å². The zero-order valence-corrected chi connectivity index (χ0v) is 12.0. The zero-order valence-electron chi connectivity index (χ0n) is 11.2. The summed E-state index contributed by atoms with van der Waals surface area (Å²) in [7, 11) is 2.63. The van der Waals surface area contributed by atoms with Crippen LogP contribution in [-0.4, -0.2) is 48.2 Å². The lowest BCUT2D eigenvalue weighted by atomic mass is 10.2. The number of hydrogen-bond acceptors (Lipinski definition) is 6. The van der Waals surface area contributed by atoms with Crippen molar-refractivity contribution in [3.05, 3.63) is 0 Å². The number of carbonyl (C=O) groups is 3. The standard InChI is InChI=1S/C12H20O6S/c1-17-10(13)6-3-5-9(12(15)16)19-8-4-7-11(14)18-2/h9H,3-8H2,1-2H3,(H,15,16). The number of aliphatic carboxylic acids is 1. The van der Waals surface area contributed by atoms with Crippen molar-refractivity contribution < 1.29 is 29.0 Å². The molecule has 0 heterocycles. The van der Waals surface area contributed by atoms with Gasteiger partial charge in [-0.1, -0.05) is 0 Å². The van der Waals surface area contributed by atoms with Crippen LogP contribution in [0.1, 0.15) is 32.1 Å². The summed E-state index contributed by atoms with van der Waals surface area (Å²) in [6, 6.07) is 0. The molecule has 0 aromatic rings. The lowest BCUT2D eigenvalue weighted by Crippen LogP contribution is -2.17. The molecule has 6 nitrogen and oxygen atoms in total. The molecule has 0 radical (unpaired) electrons. The number of thioether (sulfide) groups is 1. The van der Waals surface area contributed by atoms with Gasteiger partial charge in [0.05, 0.1) is 14.2 Å². The van der Waals surface area contributed by atoms with E-state index in [9.17, 15) is 14.4 Å². The predicted octanol–water partition coefficient (Wildman–Crippen LogP) is 1.47. The average Bonchev–Trinajstić information content (AvgIpc) is 2.40. The maximum absolute atomic E-state index is 11.0. The minimum absolute atomic E-state index is 0.225. The molecule has 0 aromatic carbocycles. The van der Waals surface area contributed by atoms with E-state index in [1.54, 1.807) is 0 Å². The van der Waals surface area contributed by atoms with Gasteiger partial charge in [0.15, 0.2) is 0 Å². The number of rotatable bonds is 10. The topological polar surface area (TPSA) is 89.9 Å². The summed E-state index contributed by atoms with van der Waals surface area (Å²) >= 11 is 1.28. The van der Waals surface area contributed by atoms with Crippen LogP contribution in [0.15, 0.2) is 0 Å². The van der Waals surface area contributed by atoms with E-state index in [1.807, 2.05) is 0 Å². The van der Waals surface area contributed by atoms with E-state index < -0.39 is 11.2 Å². The Hall–Kier alpha value is -1.24. The molecule has 0 saturated heterocycles. The highest BCUT2D eigenvalue weighted by molar-refractivity contribution is 8.00. The molecule has 19 heavy (non-hydrogen) atoms. The van der Waals surface area contributed by atoms with E-state index in [2.05, 4.69) is 9.47 Å². The maximum atomic E-state index is 11.0. The highest BCUT2D eigenvalue weighted by Crippen LogP contribution is 2.19. The van der Waals surface area contributed by atoms with Crippen LogP contribution in [0.2, 0.25) is 0 Å². The molecule has 0 aromatic heterocycles. The van der Waals surface area contributed by atoms with Gasteiger partial charge in [-0.3, -0.25) is 14.4 Å². The Morgan fingerprint density at radius 3 is 2.05 bits per heavy atom. The van der Waals surface area contributed by atoms with Crippen LogP contribution >= 0.6 is 11.8 Å². The number of carboxylic acids is 1. The van der Waals surface area contributed by atoms with Crippen LogP contribution in [0.5, 0.6) is 0 Å². The highest BCUT2D eigenvalue weighted by atomic mass is 32.2. The molecule has 7 heteroatoms.